The number of nitrogens with one attached hydrogen (secondary N) is 1. The van der Waals surface area contributed by atoms with Gasteiger partial charge in [-0.05, 0) is 31.7 Å². The molecule has 98 valence electrons. The molecule has 0 fully saturated rings. The molecule has 2 aromatic rings. The van der Waals surface area contributed by atoms with E-state index in [1.54, 1.807) is 6.20 Å². The molecular formula is C13H19ClN4. The van der Waals surface area contributed by atoms with Crippen molar-refractivity contribution in [3.05, 3.63) is 24.2 Å². The molecule has 18 heavy (non-hydrogen) atoms. The Morgan fingerprint density at radius 1 is 1.50 bits per heavy atom. The largest absolute Gasteiger partial charge is 0.368 e. The van der Waals surface area contributed by atoms with Crippen LogP contribution < -0.4 is 5.32 Å². The second-order valence-corrected chi connectivity index (χ2v) is 5.03. The highest BCUT2D eigenvalue weighted by molar-refractivity contribution is 6.18. The van der Waals surface area contributed by atoms with Gasteiger partial charge in [0.05, 0.1) is 5.69 Å². The smallest absolute Gasteiger partial charge is 0.152 e. The SMILES string of the molecule is Cc1cc2c(NCCCC(C)CCl)nccn2n1. The lowest BCUT2D eigenvalue weighted by molar-refractivity contribution is 0.572. The van der Waals surface area contributed by atoms with E-state index in [1.807, 2.05) is 23.7 Å². The van der Waals surface area contributed by atoms with Crippen molar-refractivity contribution in [3.8, 4) is 0 Å². The van der Waals surface area contributed by atoms with Gasteiger partial charge in [-0.2, -0.15) is 5.10 Å². The molecule has 0 saturated carbocycles. The van der Waals surface area contributed by atoms with Gasteiger partial charge in [0.2, 0.25) is 0 Å². The van der Waals surface area contributed by atoms with Gasteiger partial charge in [-0.1, -0.05) is 6.92 Å². The Labute approximate surface area is 112 Å². The Balaban J connectivity index is 1.95. The monoisotopic (exact) mass is 266 g/mol. The van der Waals surface area contributed by atoms with E-state index in [1.165, 1.54) is 0 Å². The van der Waals surface area contributed by atoms with E-state index in [0.29, 0.717) is 5.92 Å². The normalized spacial score (nSPS) is 12.8. The van der Waals surface area contributed by atoms with Crippen LogP contribution in [0.3, 0.4) is 0 Å². The van der Waals surface area contributed by atoms with Gasteiger partial charge in [-0.15, -0.1) is 11.6 Å². The van der Waals surface area contributed by atoms with Gasteiger partial charge in [-0.3, -0.25) is 0 Å². The molecule has 4 nitrogen and oxygen atoms in total. The lowest BCUT2D eigenvalue weighted by atomic mass is 10.1. The molecule has 0 aliphatic rings. The molecule has 0 spiro atoms. The molecule has 1 unspecified atom stereocenters. The van der Waals surface area contributed by atoms with Gasteiger partial charge in [0.1, 0.15) is 5.52 Å². The molecule has 1 atom stereocenters. The fraction of sp³-hybridized carbons (Fsp3) is 0.538. The summed E-state index contributed by atoms with van der Waals surface area (Å²) in [4.78, 5) is 4.36. The summed E-state index contributed by atoms with van der Waals surface area (Å²) in [6, 6.07) is 2.04. The van der Waals surface area contributed by atoms with Crippen LogP contribution in [-0.4, -0.2) is 27.0 Å². The fourth-order valence-corrected chi connectivity index (χ4v) is 2.07. The number of hydrogen-bond acceptors (Lipinski definition) is 3. The number of hydrogen-bond donors (Lipinski definition) is 1. The maximum Gasteiger partial charge on any atom is 0.152 e. The number of aryl methyl sites for hydroxylation is 1. The molecule has 0 aromatic carbocycles. The zero-order valence-corrected chi connectivity index (χ0v) is 11.6. The summed E-state index contributed by atoms with van der Waals surface area (Å²) >= 11 is 5.78. The number of anilines is 1. The highest BCUT2D eigenvalue weighted by Gasteiger charge is 2.05. The van der Waals surface area contributed by atoms with Crippen molar-refractivity contribution in [3.63, 3.8) is 0 Å². The van der Waals surface area contributed by atoms with Crippen molar-refractivity contribution in [2.75, 3.05) is 17.7 Å². The van der Waals surface area contributed by atoms with Crippen LogP contribution in [0.1, 0.15) is 25.5 Å². The average molecular weight is 267 g/mol. The van der Waals surface area contributed by atoms with Gasteiger partial charge < -0.3 is 5.32 Å². The van der Waals surface area contributed by atoms with Crippen molar-refractivity contribution in [1.82, 2.24) is 14.6 Å². The number of nitrogens with zero attached hydrogens (tertiary/aromatic N) is 3. The average Bonchev–Trinajstić information content (AvgIpc) is 2.75. The van der Waals surface area contributed by atoms with Crippen molar-refractivity contribution in [1.29, 1.82) is 0 Å². The Hall–Kier alpha value is -1.29. The highest BCUT2D eigenvalue weighted by Crippen LogP contribution is 2.15. The standard InChI is InChI=1S/C13H19ClN4/c1-10(9-14)4-3-5-15-13-12-8-11(2)17-18(12)7-6-16-13/h6-8,10H,3-5,9H2,1-2H3,(H,15,16). The van der Waals surface area contributed by atoms with E-state index in [-0.39, 0.29) is 0 Å². The molecule has 0 saturated heterocycles. The van der Waals surface area contributed by atoms with E-state index >= 15 is 0 Å². The molecule has 2 aromatic heterocycles. The molecule has 0 aliphatic heterocycles. The second kappa shape index (κ2) is 6.05. The molecule has 2 heterocycles. The van der Waals surface area contributed by atoms with Crippen molar-refractivity contribution < 1.29 is 0 Å². The summed E-state index contributed by atoms with van der Waals surface area (Å²) in [5, 5.41) is 7.73. The first-order chi connectivity index (χ1) is 8.70. The maximum atomic E-state index is 5.78. The summed E-state index contributed by atoms with van der Waals surface area (Å²) in [6.07, 6.45) is 5.87. The minimum absolute atomic E-state index is 0.578. The van der Waals surface area contributed by atoms with Gasteiger partial charge in [0, 0.05) is 24.8 Å². The van der Waals surface area contributed by atoms with Crippen LogP contribution in [0.25, 0.3) is 5.52 Å². The third-order valence-corrected chi connectivity index (χ3v) is 3.47. The number of fused-ring (bicyclic) bond motifs is 1. The summed E-state index contributed by atoms with van der Waals surface area (Å²) in [6.45, 7) is 5.07. The molecule has 0 bridgehead atoms. The van der Waals surface area contributed by atoms with E-state index in [9.17, 15) is 0 Å². The highest BCUT2D eigenvalue weighted by atomic mass is 35.5. The Morgan fingerprint density at radius 2 is 2.33 bits per heavy atom. The fourth-order valence-electron chi connectivity index (χ4n) is 1.91. The van der Waals surface area contributed by atoms with Crippen LogP contribution in [-0.2, 0) is 0 Å². The minimum atomic E-state index is 0.578. The molecule has 1 N–H and O–H groups in total. The van der Waals surface area contributed by atoms with Crippen LogP contribution in [0, 0.1) is 12.8 Å². The van der Waals surface area contributed by atoms with Gasteiger partial charge >= 0.3 is 0 Å². The van der Waals surface area contributed by atoms with Crippen LogP contribution >= 0.6 is 11.6 Å². The topological polar surface area (TPSA) is 42.2 Å². The zero-order valence-electron chi connectivity index (χ0n) is 10.9. The summed E-state index contributed by atoms with van der Waals surface area (Å²) < 4.78 is 1.85. The minimum Gasteiger partial charge on any atom is -0.368 e. The van der Waals surface area contributed by atoms with Gasteiger partial charge in [0.15, 0.2) is 5.82 Å². The summed E-state index contributed by atoms with van der Waals surface area (Å²) in [5.74, 6) is 2.21. The van der Waals surface area contributed by atoms with Crippen molar-refractivity contribution in [2.24, 2.45) is 5.92 Å². The first-order valence-corrected chi connectivity index (χ1v) is 6.85. The van der Waals surface area contributed by atoms with Crippen LogP contribution in [0.2, 0.25) is 0 Å². The summed E-state index contributed by atoms with van der Waals surface area (Å²) in [5.41, 5.74) is 2.03. The molecule has 5 heteroatoms. The first-order valence-electron chi connectivity index (χ1n) is 6.31. The van der Waals surface area contributed by atoms with Crippen LogP contribution in [0.15, 0.2) is 18.5 Å². The van der Waals surface area contributed by atoms with E-state index in [0.717, 1.165) is 42.3 Å². The summed E-state index contributed by atoms with van der Waals surface area (Å²) in [7, 11) is 0. The third kappa shape index (κ3) is 3.13. The van der Waals surface area contributed by atoms with E-state index in [2.05, 4.69) is 22.3 Å². The predicted molar refractivity (Wildman–Crippen MR) is 75.3 cm³/mol. The first kappa shape index (κ1) is 13.1. The predicted octanol–water partition coefficient (Wildman–Crippen LogP) is 3.10. The third-order valence-electron chi connectivity index (χ3n) is 2.94. The van der Waals surface area contributed by atoms with Gasteiger partial charge in [0.25, 0.3) is 0 Å². The number of rotatable bonds is 6. The number of halogens is 1. The Kier molecular flexibility index (Phi) is 4.42. The lowest BCUT2D eigenvalue weighted by Crippen LogP contribution is -2.07. The molecule has 0 radical (unpaired) electrons. The lowest BCUT2D eigenvalue weighted by Gasteiger charge is -2.09. The molecular weight excluding hydrogens is 248 g/mol. The van der Waals surface area contributed by atoms with Crippen LogP contribution in [0.4, 0.5) is 5.82 Å². The molecule has 0 amide bonds. The number of aromatic nitrogens is 3. The molecule has 0 aliphatic carbocycles. The second-order valence-electron chi connectivity index (χ2n) is 4.72. The quantitative estimate of drug-likeness (QED) is 0.645. The zero-order chi connectivity index (χ0) is 13.0. The van der Waals surface area contributed by atoms with Crippen molar-refractivity contribution in [2.45, 2.75) is 26.7 Å². The molecule has 2 rings (SSSR count). The van der Waals surface area contributed by atoms with Gasteiger partial charge in [-0.25, -0.2) is 9.50 Å². The number of alkyl halides is 1. The maximum absolute atomic E-state index is 5.78. The Morgan fingerprint density at radius 3 is 3.11 bits per heavy atom. The van der Waals surface area contributed by atoms with E-state index in [4.69, 9.17) is 11.6 Å². The van der Waals surface area contributed by atoms with Crippen molar-refractivity contribution >= 4 is 22.9 Å². The Bertz CT molecular complexity index is 509. The van der Waals surface area contributed by atoms with Crippen LogP contribution in [0.5, 0.6) is 0 Å². The van der Waals surface area contributed by atoms with E-state index < -0.39 is 0 Å².